The van der Waals surface area contributed by atoms with Crippen LogP contribution >= 0.6 is 0 Å². The predicted molar refractivity (Wildman–Crippen MR) is 118 cm³/mol. The van der Waals surface area contributed by atoms with Gasteiger partial charge in [-0.05, 0) is 60.2 Å². The standard InChI is InChI=1S/C21H42N6O/c1-8-22-21(24-17(4)12-11-13-26(9-2)10-3)23-16-20-18(5)25-27(19(20)6)14-15-28-7/h17H,8-16H2,1-7H3,(H2,22,23,24). The molecule has 0 aliphatic heterocycles. The summed E-state index contributed by atoms with van der Waals surface area (Å²) < 4.78 is 7.19. The molecule has 0 bridgehead atoms. The molecule has 1 aromatic heterocycles. The number of ether oxygens (including phenoxy) is 1. The molecule has 7 heteroatoms. The highest BCUT2D eigenvalue weighted by Crippen LogP contribution is 2.14. The molecule has 2 N–H and O–H groups in total. The Labute approximate surface area is 171 Å². The van der Waals surface area contributed by atoms with Gasteiger partial charge in [-0.15, -0.1) is 0 Å². The second-order valence-electron chi connectivity index (χ2n) is 7.27. The molecule has 1 atom stereocenters. The van der Waals surface area contributed by atoms with Crippen molar-refractivity contribution in [2.75, 3.05) is 39.9 Å². The second kappa shape index (κ2) is 13.6. The van der Waals surface area contributed by atoms with Crippen LogP contribution in [0, 0.1) is 13.8 Å². The Balaban J connectivity index is 2.65. The van der Waals surface area contributed by atoms with Crippen molar-refractivity contribution in [3.8, 4) is 0 Å². The van der Waals surface area contributed by atoms with Crippen LogP contribution in [0.5, 0.6) is 0 Å². The third-order valence-corrected chi connectivity index (χ3v) is 5.17. The summed E-state index contributed by atoms with van der Waals surface area (Å²) in [6.45, 7) is 19.3. The lowest BCUT2D eigenvalue weighted by Crippen LogP contribution is -2.42. The number of hydrogen-bond donors (Lipinski definition) is 2. The van der Waals surface area contributed by atoms with Gasteiger partial charge in [0.15, 0.2) is 5.96 Å². The van der Waals surface area contributed by atoms with E-state index in [1.807, 2.05) is 4.68 Å². The van der Waals surface area contributed by atoms with Crippen LogP contribution in [0.4, 0.5) is 0 Å². The summed E-state index contributed by atoms with van der Waals surface area (Å²) in [5.41, 5.74) is 3.41. The van der Waals surface area contributed by atoms with Gasteiger partial charge < -0.3 is 20.3 Å². The molecule has 1 aromatic rings. The third-order valence-electron chi connectivity index (χ3n) is 5.17. The number of aryl methyl sites for hydroxylation is 1. The van der Waals surface area contributed by atoms with Crippen LogP contribution in [0.2, 0.25) is 0 Å². The zero-order valence-corrected chi connectivity index (χ0v) is 19.1. The topological polar surface area (TPSA) is 66.7 Å². The van der Waals surface area contributed by atoms with Gasteiger partial charge in [0, 0.05) is 31.0 Å². The van der Waals surface area contributed by atoms with Crippen LogP contribution in [0.25, 0.3) is 0 Å². The number of aliphatic imine (C=N–C) groups is 1. The molecule has 1 unspecified atom stereocenters. The van der Waals surface area contributed by atoms with E-state index in [0.29, 0.717) is 19.2 Å². The molecule has 0 radical (unpaired) electrons. The van der Waals surface area contributed by atoms with E-state index in [1.54, 1.807) is 7.11 Å². The first-order valence-corrected chi connectivity index (χ1v) is 10.8. The highest BCUT2D eigenvalue weighted by molar-refractivity contribution is 5.80. The Morgan fingerprint density at radius 3 is 2.57 bits per heavy atom. The molecule has 7 nitrogen and oxygen atoms in total. The van der Waals surface area contributed by atoms with Crippen molar-refractivity contribution in [2.45, 2.75) is 73.5 Å². The number of nitrogens with one attached hydrogen (secondary N) is 2. The third kappa shape index (κ3) is 8.19. The van der Waals surface area contributed by atoms with Gasteiger partial charge in [-0.2, -0.15) is 5.10 Å². The molecule has 0 aliphatic carbocycles. The first-order chi connectivity index (χ1) is 13.5. The molecular weight excluding hydrogens is 352 g/mol. The van der Waals surface area contributed by atoms with Gasteiger partial charge in [-0.1, -0.05) is 13.8 Å². The summed E-state index contributed by atoms with van der Waals surface area (Å²) in [7, 11) is 1.72. The van der Waals surface area contributed by atoms with Crippen molar-refractivity contribution in [2.24, 2.45) is 4.99 Å². The second-order valence-corrected chi connectivity index (χ2v) is 7.27. The maximum Gasteiger partial charge on any atom is 0.191 e. The minimum Gasteiger partial charge on any atom is -0.383 e. The molecule has 162 valence electrons. The summed E-state index contributed by atoms with van der Waals surface area (Å²) in [4.78, 5) is 7.28. The smallest absolute Gasteiger partial charge is 0.191 e. The van der Waals surface area contributed by atoms with Gasteiger partial charge >= 0.3 is 0 Å². The molecular formula is C21H42N6O. The lowest BCUT2D eigenvalue weighted by molar-refractivity contribution is 0.182. The van der Waals surface area contributed by atoms with Crippen molar-refractivity contribution < 1.29 is 4.74 Å². The SMILES string of the molecule is CCNC(=NCc1c(C)nn(CCOC)c1C)NC(C)CCCN(CC)CC. The Morgan fingerprint density at radius 2 is 1.96 bits per heavy atom. The average molecular weight is 395 g/mol. The number of aromatic nitrogens is 2. The molecule has 0 aliphatic rings. The van der Waals surface area contributed by atoms with Crippen LogP contribution in [0.1, 0.15) is 57.5 Å². The molecule has 28 heavy (non-hydrogen) atoms. The highest BCUT2D eigenvalue weighted by atomic mass is 16.5. The number of guanidine groups is 1. The number of methoxy groups -OCH3 is 1. The van der Waals surface area contributed by atoms with E-state index in [9.17, 15) is 0 Å². The predicted octanol–water partition coefficient (Wildman–Crippen LogP) is 2.71. The number of nitrogens with zero attached hydrogens (tertiary/aromatic N) is 4. The van der Waals surface area contributed by atoms with Gasteiger partial charge in [-0.3, -0.25) is 4.68 Å². The van der Waals surface area contributed by atoms with Gasteiger partial charge in [0.25, 0.3) is 0 Å². The van der Waals surface area contributed by atoms with Crippen molar-refractivity contribution in [1.29, 1.82) is 0 Å². The van der Waals surface area contributed by atoms with Crippen LogP contribution in [-0.2, 0) is 17.8 Å². The Morgan fingerprint density at radius 1 is 1.25 bits per heavy atom. The molecule has 0 spiro atoms. The number of rotatable bonds is 13. The van der Waals surface area contributed by atoms with Gasteiger partial charge in [0.2, 0.25) is 0 Å². The monoisotopic (exact) mass is 394 g/mol. The maximum absolute atomic E-state index is 5.17. The molecule has 0 saturated carbocycles. The zero-order valence-electron chi connectivity index (χ0n) is 19.1. The van der Waals surface area contributed by atoms with Crippen molar-refractivity contribution in [3.05, 3.63) is 17.0 Å². The highest BCUT2D eigenvalue weighted by Gasteiger charge is 2.12. The summed E-state index contributed by atoms with van der Waals surface area (Å²) in [6.07, 6.45) is 2.33. The van der Waals surface area contributed by atoms with Crippen LogP contribution in [0.15, 0.2) is 4.99 Å². The lowest BCUT2D eigenvalue weighted by Gasteiger charge is -2.21. The lowest BCUT2D eigenvalue weighted by atomic mass is 10.2. The fourth-order valence-corrected chi connectivity index (χ4v) is 3.30. The van der Waals surface area contributed by atoms with Crippen LogP contribution < -0.4 is 10.6 Å². The van der Waals surface area contributed by atoms with E-state index >= 15 is 0 Å². The Bertz CT molecular complexity index is 580. The minimum atomic E-state index is 0.389. The van der Waals surface area contributed by atoms with E-state index in [-0.39, 0.29) is 0 Å². The van der Waals surface area contributed by atoms with E-state index in [4.69, 9.17) is 9.73 Å². The van der Waals surface area contributed by atoms with E-state index in [2.05, 4.69) is 62.2 Å². The Kier molecular flexibility index (Phi) is 11.8. The van der Waals surface area contributed by atoms with Gasteiger partial charge in [0.1, 0.15) is 0 Å². The molecule has 0 saturated heterocycles. The Hall–Kier alpha value is -1.60. The van der Waals surface area contributed by atoms with Crippen LogP contribution in [-0.4, -0.2) is 66.6 Å². The molecule has 0 fully saturated rings. The summed E-state index contributed by atoms with van der Waals surface area (Å²) >= 11 is 0. The molecule has 0 amide bonds. The zero-order chi connectivity index (χ0) is 20.9. The van der Waals surface area contributed by atoms with Gasteiger partial charge in [-0.25, -0.2) is 4.99 Å². The fraction of sp³-hybridized carbons (Fsp3) is 0.810. The van der Waals surface area contributed by atoms with Gasteiger partial charge in [0.05, 0.1) is 25.4 Å². The minimum absolute atomic E-state index is 0.389. The van der Waals surface area contributed by atoms with Crippen molar-refractivity contribution >= 4 is 5.96 Å². The first-order valence-electron chi connectivity index (χ1n) is 10.8. The van der Waals surface area contributed by atoms with Crippen LogP contribution in [0.3, 0.4) is 0 Å². The normalized spacial score (nSPS) is 13.2. The van der Waals surface area contributed by atoms with E-state index in [0.717, 1.165) is 50.8 Å². The molecule has 1 rings (SSSR count). The quantitative estimate of drug-likeness (QED) is 0.398. The summed E-state index contributed by atoms with van der Waals surface area (Å²) in [6, 6.07) is 0.389. The van der Waals surface area contributed by atoms with E-state index in [1.165, 1.54) is 17.7 Å². The van der Waals surface area contributed by atoms with Crippen molar-refractivity contribution in [3.63, 3.8) is 0 Å². The molecule has 1 heterocycles. The summed E-state index contributed by atoms with van der Waals surface area (Å²) in [5.74, 6) is 0.876. The summed E-state index contributed by atoms with van der Waals surface area (Å²) in [5, 5.41) is 11.5. The maximum atomic E-state index is 5.17. The first kappa shape index (κ1) is 24.4. The van der Waals surface area contributed by atoms with Crippen molar-refractivity contribution in [1.82, 2.24) is 25.3 Å². The largest absolute Gasteiger partial charge is 0.383 e. The average Bonchev–Trinajstić information content (AvgIpc) is 2.94. The fourth-order valence-electron chi connectivity index (χ4n) is 3.30. The number of hydrogen-bond acceptors (Lipinski definition) is 4. The van der Waals surface area contributed by atoms with E-state index < -0.39 is 0 Å². The molecule has 0 aromatic carbocycles.